The van der Waals surface area contributed by atoms with Crippen LogP contribution in [0.5, 0.6) is 0 Å². The molecule has 0 spiro atoms. The van der Waals surface area contributed by atoms with Gasteiger partial charge in [-0.1, -0.05) is 44.5 Å². The van der Waals surface area contributed by atoms with Gasteiger partial charge in [-0.2, -0.15) is 0 Å². The third-order valence-electron chi connectivity index (χ3n) is 4.54. The van der Waals surface area contributed by atoms with Gasteiger partial charge in [-0.05, 0) is 38.5 Å². The molecule has 0 aliphatic carbocycles. The Labute approximate surface area is 176 Å². The maximum Gasteiger partial charge on any atom is 0.253 e. The summed E-state index contributed by atoms with van der Waals surface area (Å²) in [5.74, 6) is -0.222. The van der Waals surface area contributed by atoms with Gasteiger partial charge in [0.05, 0.1) is 22.8 Å². The molecule has 0 radical (unpaired) electrons. The number of carbonyl (C=O) groups is 2. The summed E-state index contributed by atoms with van der Waals surface area (Å²) in [5, 5.41) is 12.9. The standard InChI is InChI=1S/C21H29ClN4O3/c1-7-21(5,6)25-19(28)14-9-8-13(10-15(14)22)23-12-17(27)24-18-11-16(26-29-18)20(2,3)4/h8-11,23H,7,12H2,1-6H3,(H,24,27)(H,25,28). The number of nitrogens with zero attached hydrogens (tertiary/aromatic N) is 1. The first-order chi connectivity index (χ1) is 13.4. The molecule has 8 heteroatoms. The van der Waals surface area contributed by atoms with Crippen molar-refractivity contribution in [1.82, 2.24) is 10.5 Å². The van der Waals surface area contributed by atoms with Crippen LogP contribution >= 0.6 is 11.6 Å². The van der Waals surface area contributed by atoms with E-state index in [0.717, 1.165) is 12.1 Å². The number of benzene rings is 1. The monoisotopic (exact) mass is 420 g/mol. The quantitative estimate of drug-likeness (QED) is 0.608. The summed E-state index contributed by atoms with van der Waals surface area (Å²) in [6.45, 7) is 11.9. The molecule has 1 heterocycles. The van der Waals surface area contributed by atoms with Gasteiger partial charge in [-0.15, -0.1) is 0 Å². The molecule has 2 amide bonds. The molecule has 0 saturated carbocycles. The normalized spacial score (nSPS) is 11.8. The van der Waals surface area contributed by atoms with Crippen LogP contribution in [-0.2, 0) is 10.2 Å². The molecule has 1 aromatic heterocycles. The van der Waals surface area contributed by atoms with Crippen molar-refractivity contribution in [3.8, 4) is 0 Å². The first-order valence-corrected chi connectivity index (χ1v) is 9.92. The molecule has 0 atom stereocenters. The van der Waals surface area contributed by atoms with E-state index in [1.54, 1.807) is 24.3 Å². The summed E-state index contributed by atoms with van der Waals surface area (Å²) in [7, 11) is 0. The summed E-state index contributed by atoms with van der Waals surface area (Å²) in [6, 6.07) is 6.67. The lowest BCUT2D eigenvalue weighted by Crippen LogP contribution is -2.42. The van der Waals surface area contributed by atoms with Crippen LogP contribution in [0.4, 0.5) is 11.6 Å². The van der Waals surface area contributed by atoms with E-state index in [4.69, 9.17) is 16.1 Å². The molecule has 0 aliphatic rings. The van der Waals surface area contributed by atoms with Crippen LogP contribution in [0.2, 0.25) is 5.02 Å². The maximum atomic E-state index is 12.4. The highest BCUT2D eigenvalue weighted by Crippen LogP contribution is 2.24. The van der Waals surface area contributed by atoms with Crippen molar-refractivity contribution in [3.63, 3.8) is 0 Å². The Balaban J connectivity index is 1.94. The van der Waals surface area contributed by atoms with Gasteiger partial charge in [0, 0.05) is 22.7 Å². The van der Waals surface area contributed by atoms with Crippen molar-refractivity contribution >= 4 is 35.0 Å². The third kappa shape index (κ3) is 6.49. The minimum atomic E-state index is -0.316. The lowest BCUT2D eigenvalue weighted by molar-refractivity contribution is -0.114. The Bertz CT molecular complexity index is 884. The summed E-state index contributed by atoms with van der Waals surface area (Å²) >= 11 is 6.26. The van der Waals surface area contributed by atoms with Crippen molar-refractivity contribution in [2.24, 2.45) is 0 Å². The molecular formula is C21H29ClN4O3. The second-order valence-corrected chi connectivity index (χ2v) is 9.02. The average Bonchev–Trinajstić information content (AvgIpc) is 3.08. The largest absolute Gasteiger partial charge is 0.376 e. The van der Waals surface area contributed by atoms with Crippen molar-refractivity contribution in [1.29, 1.82) is 0 Å². The Morgan fingerprint density at radius 1 is 1.14 bits per heavy atom. The predicted molar refractivity (Wildman–Crippen MR) is 116 cm³/mol. The fourth-order valence-corrected chi connectivity index (χ4v) is 2.59. The Morgan fingerprint density at radius 2 is 1.83 bits per heavy atom. The fourth-order valence-electron chi connectivity index (χ4n) is 2.32. The zero-order valence-electron chi connectivity index (χ0n) is 17.8. The molecule has 29 heavy (non-hydrogen) atoms. The second-order valence-electron chi connectivity index (χ2n) is 8.61. The van der Waals surface area contributed by atoms with Gasteiger partial charge in [-0.3, -0.25) is 14.9 Å². The van der Waals surface area contributed by atoms with Gasteiger partial charge < -0.3 is 15.2 Å². The predicted octanol–water partition coefficient (Wildman–Crippen LogP) is 4.59. The lowest BCUT2D eigenvalue weighted by atomic mass is 9.92. The van der Waals surface area contributed by atoms with Crippen LogP contribution in [0.25, 0.3) is 0 Å². The van der Waals surface area contributed by atoms with Gasteiger partial charge in [0.25, 0.3) is 5.91 Å². The molecule has 158 valence electrons. The Hall–Kier alpha value is -2.54. The summed E-state index contributed by atoms with van der Waals surface area (Å²) in [5.41, 5.74) is 1.29. The van der Waals surface area contributed by atoms with Crippen LogP contribution in [-0.4, -0.2) is 29.1 Å². The highest BCUT2D eigenvalue weighted by molar-refractivity contribution is 6.34. The lowest BCUT2D eigenvalue weighted by Gasteiger charge is -2.24. The minimum absolute atomic E-state index is 0.0102. The van der Waals surface area contributed by atoms with E-state index in [0.29, 0.717) is 22.2 Å². The molecule has 2 rings (SSSR count). The number of hydrogen-bond donors (Lipinski definition) is 3. The van der Waals surface area contributed by atoms with Gasteiger partial charge in [-0.25, -0.2) is 0 Å². The smallest absolute Gasteiger partial charge is 0.253 e. The van der Waals surface area contributed by atoms with E-state index in [9.17, 15) is 9.59 Å². The van der Waals surface area contributed by atoms with E-state index in [1.807, 2.05) is 41.5 Å². The molecule has 3 N–H and O–H groups in total. The maximum absolute atomic E-state index is 12.4. The molecule has 0 bridgehead atoms. The summed E-state index contributed by atoms with van der Waals surface area (Å²) in [4.78, 5) is 24.5. The first kappa shape index (κ1) is 22.7. The number of carbonyl (C=O) groups excluding carboxylic acids is 2. The van der Waals surface area contributed by atoms with E-state index in [2.05, 4.69) is 21.1 Å². The topological polar surface area (TPSA) is 96.3 Å². The van der Waals surface area contributed by atoms with Gasteiger partial charge in [0.2, 0.25) is 11.8 Å². The van der Waals surface area contributed by atoms with Gasteiger partial charge >= 0.3 is 0 Å². The van der Waals surface area contributed by atoms with E-state index in [1.165, 1.54) is 0 Å². The fraction of sp³-hybridized carbons (Fsp3) is 0.476. The van der Waals surface area contributed by atoms with Crippen LogP contribution in [0.3, 0.4) is 0 Å². The minimum Gasteiger partial charge on any atom is -0.376 e. The van der Waals surface area contributed by atoms with Crippen molar-refractivity contribution in [3.05, 3.63) is 40.5 Å². The molecule has 0 unspecified atom stereocenters. The number of hydrogen-bond acceptors (Lipinski definition) is 5. The molecule has 2 aromatic rings. The van der Waals surface area contributed by atoms with Crippen molar-refractivity contribution in [2.45, 2.75) is 58.9 Å². The highest BCUT2D eigenvalue weighted by Gasteiger charge is 2.21. The van der Waals surface area contributed by atoms with Crippen LogP contribution in [0, 0.1) is 0 Å². The van der Waals surface area contributed by atoms with Gasteiger partial charge in [0.1, 0.15) is 0 Å². The SMILES string of the molecule is CCC(C)(C)NC(=O)c1ccc(NCC(=O)Nc2cc(C(C)(C)C)no2)cc1Cl. The van der Waals surface area contributed by atoms with Crippen LogP contribution in [0.15, 0.2) is 28.8 Å². The Morgan fingerprint density at radius 3 is 2.38 bits per heavy atom. The molecule has 0 aliphatic heterocycles. The van der Waals surface area contributed by atoms with Gasteiger partial charge in [0.15, 0.2) is 0 Å². The number of halogens is 1. The molecule has 1 aromatic carbocycles. The number of rotatable bonds is 7. The zero-order chi connectivity index (χ0) is 21.8. The van der Waals surface area contributed by atoms with Crippen molar-refractivity contribution in [2.75, 3.05) is 17.2 Å². The highest BCUT2D eigenvalue weighted by atomic mass is 35.5. The summed E-state index contributed by atoms with van der Waals surface area (Å²) in [6.07, 6.45) is 0.799. The zero-order valence-corrected chi connectivity index (χ0v) is 18.5. The van der Waals surface area contributed by atoms with E-state index < -0.39 is 0 Å². The third-order valence-corrected chi connectivity index (χ3v) is 4.86. The van der Waals surface area contributed by atoms with E-state index >= 15 is 0 Å². The molecule has 0 fully saturated rings. The number of anilines is 2. The first-order valence-electron chi connectivity index (χ1n) is 9.54. The van der Waals surface area contributed by atoms with Crippen LogP contribution in [0.1, 0.15) is 64.0 Å². The second kappa shape index (κ2) is 8.86. The number of amides is 2. The number of nitrogens with one attached hydrogen (secondary N) is 3. The van der Waals surface area contributed by atoms with E-state index in [-0.39, 0.29) is 29.3 Å². The van der Waals surface area contributed by atoms with Crippen LogP contribution < -0.4 is 16.0 Å². The number of aromatic nitrogens is 1. The molecular weight excluding hydrogens is 392 g/mol. The average molecular weight is 421 g/mol. The Kier molecular flexibility index (Phi) is 6.95. The molecule has 0 saturated heterocycles. The molecule has 7 nitrogen and oxygen atoms in total. The summed E-state index contributed by atoms with van der Waals surface area (Å²) < 4.78 is 5.15. The van der Waals surface area contributed by atoms with Crippen molar-refractivity contribution < 1.29 is 14.1 Å².